The van der Waals surface area contributed by atoms with Crippen LogP contribution in [0.15, 0.2) is 53.6 Å². The molecule has 3 rings (SSSR count). The van der Waals surface area contributed by atoms with E-state index in [4.69, 9.17) is 23.8 Å². The van der Waals surface area contributed by atoms with Gasteiger partial charge in [0.2, 0.25) is 4.77 Å². The van der Waals surface area contributed by atoms with Gasteiger partial charge in [0.1, 0.15) is 5.82 Å². The Kier molecular flexibility index (Phi) is 4.64. The van der Waals surface area contributed by atoms with Crippen molar-refractivity contribution in [2.24, 2.45) is 5.10 Å². The highest BCUT2D eigenvalue weighted by Gasteiger charge is 2.07. The lowest BCUT2D eigenvalue weighted by molar-refractivity contribution is 0.627. The molecule has 4 nitrogen and oxygen atoms in total. The molecule has 3 aromatic rings. The summed E-state index contributed by atoms with van der Waals surface area (Å²) in [5.41, 5.74) is 1.69. The molecule has 0 aliphatic heterocycles. The lowest BCUT2D eigenvalue weighted by Gasteiger charge is -2.02. The fourth-order valence-corrected chi connectivity index (χ4v) is 2.43. The van der Waals surface area contributed by atoms with Crippen molar-refractivity contribution in [1.82, 2.24) is 14.9 Å². The highest BCUT2D eigenvalue weighted by molar-refractivity contribution is 7.71. The van der Waals surface area contributed by atoms with E-state index < -0.39 is 0 Å². The molecule has 1 aromatic heterocycles. The molecule has 0 bridgehead atoms. The van der Waals surface area contributed by atoms with Crippen LogP contribution in [-0.2, 0) is 6.42 Å². The Hall–Kier alpha value is -2.31. The first kappa shape index (κ1) is 15.6. The lowest BCUT2D eigenvalue weighted by Crippen LogP contribution is -2.00. The van der Waals surface area contributed by atoms with Gasteiger partial charge in [0.15, 0.2) is 5.82 Å². The van der Waals surface area contributed by atoms with Gasteiger partial charge in [-0.2, -0.15) is 14.9 Å². The maximum Gasteiger partial charge on any atom is 0.216 e. The molecule has 116 valence electrons. The zero-order valence-electron chi connectivity index (χ0n) is 11.9. The number of hydrogen-bond acceptors (Lipinski definition) is 3. The highest BCUT2D eigenvalue weighted by Crippen LogP contribution is 2.13. The number of rotatable bonds is 4. The van der Waals surface area contributed by atoms with Crippen molar-refractivity contribution in [3.8, 4) is 0 Å². The van der Waals surface area contributed by atoms with Crippen molar-refractivity contribution in [3.05, 3.63) is 81.1 Å². The molecule has 23 heavy (non-hydrogen) atoms. The van der Waals surface area contributed by atoms with Gasteiger partial charge >= 0.3 is 0 Å². The van der Waals surface area contributed by atoms with E-state index in [1.54, 1.807) is 24.4 Å². The third kappa shape index (κ3) is 3.72. The van der Waals surface area contributed by atoms with Crippen molar-refractivity contribution < 1.29 is 4.39 Å². The minimum absolute atomic E-state index is 0.274. The van der Waals surface area contributed by atoms with Crippen LogP contribution in [0.4, 0.5) is 4.39 Å². The molecular weight excluding hydrogens is 335 g/mol. The van der Waals surface area contributed by atoms with Gasteiger partial charge in [0.05, 0.1) is 6.21 Å². The molecule has 0 aliphatic rings. The molecule has 0 atom stereocenters. The minimum atomic E-state index is -0.274. The maximum absolute atomic E-state index is 13.0. The fourth-order valence-electron chi connectivity index (χ4n) is 2.04. The van der Waals surface area contributed by atoms with Gasteiger partial charge in [0.25, 0.3) is 0 Å². The zero-order valence-corrected chi connectivity index (χ0v) is 13.5. The first-order chi connectivity index (χ1) is 11.1. The predicted octanol–water partition coefficient (Wildman–Crippen LogP) is 4.21. The van der Waals surface area contributed by atoms with Gasteiger partial charge in [-0.25, -0.2) is 4.39 Å². The molecule has 0 saturated heterocycles. The van der Waals surface area contributed by atoms with Crippen LogP contribution in [0.3, 0.4) is 0 Å². The molecule has 1 heterocycles. The van der Waals surface area contributed by atoms with Gasteiger partial charge in [-0.3, -0.25) is 5.10 Å². The lowest BCUT2D eigenvalue weighted by atomic mass is 10.1. The second kappa shape index (κ2) is 6.85. The summed E-state index contributed by atoms with van der Waals surface area (Å²) in [5, 5.41) is 11.8. The molecule has 0 spiro atoms. The van der Waals surface area contributed by atoms with Crippen molar-refractivity contribution in [2.45, 2.75) is 6.42 Å². The van der Waals surface area contributed by atoms with E-state index in [1.165, 1.54) is 16.8 Å². The highest BCUT2D eigenvalue weighted by atomic mass is 35.5. The Morgan fingerprint density at radius 3 is 2.70 bits per heavy atom. The quantitative estimate of drug-likeness (QED) is 0.568. The zero-order chi connectivity index (χ0) is 16.2. The Balaban J connectivity index is 1.88. The minimum Gasteiger partial charge on any atom is -0.250 e. The van der Waals surface area contributed by atoms with Crippen LogP contribution in [0.1, 0.15) is 17.0 Å². The van der Waals surface area contributed by atoms with E-state index in [0.29, 0.717) is 22.0 Å². The SMILES string of the molecule is Fc1ccc(Cc2n[nH]c(=S)n2/N=C\c2ccccc2Cl)cc1. The van der Waals surface area contributed by atoms with Gasteiger partial charge in [-0.1, -0.05) is 41.9 Å². The molecule has 0 radical (unpaired) electrons. The maximum atomic E-state index is 13.0. The molecule has 0 amide bonds. The van der Waals surface area contributed by atoms with Gasteiger partial charge in [-0.15, -0.1) is 0 Å². The molecule has 7 heteroatoms. The first-order valence-electron chi connectivity index (χ1n) is 6.83. The average Bonchev–Trinajstić information content (AvgIpc) is 2.89. The molecule has 0 aliphatic carbocycles. The Labute approximate surface area is 142 Å². The second-order valence-electron chi connectivity index (χ2n) is 4.83. The predicted molar refractivity (Wildman–Crippen MR) is 91.1 cm³/mol. The Morgan fingerprint density at radius 2 is 1.96 bits per heavy atom. The van der Waals surface area contributed by atoms with Crippen molar-refractivity contribution in [2.75, 3.05) is 0 Å². The van der Waals surface area contributed by atoms with Crippen LogP contribution in [0.5, 0.6) is 0 Å². The number of hydrogen-bond donors (Lipinski definition) is 1. The number of halogens is 2. The standard InChI is InChI=1S/C16H12ClFN4S/c17-14-4-2-1-3-12(14)10-19-22-15(20-21-16(22)23)9-11-5-7-13(18)8-6-11/h1-8,10H,9H2,(H,21,23)/b19-10-. The number of H-pyrrole nitrogens is 1. The third-order valence-corrected chi connectivity index (χ3v) is 3.82. The summed E-state index contributed by atoms with van der Waals surface area (Å²) >= 11 is 11.3. The molecular formula is C16H12ClFN4S. The summed E-state index contributed by atoms with van der Waals surface area (Å²) in [5.74, 6) is 0.356. The van der Waals surface area contributed by atoms with Gasteiger partial charge in [0, 0.05) is 17.0 Å². The van der Waals surface area contributed by atoms with Gasteiger partial charge in [-0.05, 0) is 36.0 Å². The van der Waals surface area contributed by atoms with Crippen LogP contribution < -0.4 is 0 Å². The number of aromatic nitrogens is 3. The van der Waals surface area contributed by atoms with E-state index in [-0.39, 0.29) is 5.82 Å². The van der Waals surface area contributed by atoms with Crippen LogP contribution in [-0.4, -0.2) is 21.1 Å². The summed E-state index contributed by atoms with van der Waals surface area (Å²) in [6.07, 6.45) is 2.11. The largest absolute Gasteiger partial charge is 0.250 e. The fraction of sp³-hybridized carbons (Fsp3) is 0.0625. The summed E-state index contributed by atoms with van der Waals surface area (Å²) in [4.78, 5) is 0. The number of aromatic amines is 1. The number of nitrogens with one attached hydrogen (secondary N) is 1. The van der Waals surface area contributed by atoms with Crippen molar-refractivity contribution in [1.29, 1.82) is 0 Å². The summed E-state index contributed by atoms with van der Waals surface area (Å²) in [6, 6.07) is 13.6. The second-order valence-corrected chi connectivity index (χ2v) is 5.62. The van der Waals surface area contributed by atoms with E-state index in [9.17, 15) is 4.39 Å². The third-order valence-electron chi connectivity index (χ3n) is 3.21. The number of nitrogens with zero attached hydrogens (tertiary/aromatic N) is 3. The van der Waals surface area contributed by atoms with Crippen molar-refractivity contribution in [3.63, 3.8) is 0 Å². The van der Waals surface area contributed by atoms with E-state index in [1.807, 2.05) is 18.2 Å². The van der Waals surface area contributed by atoms with Crippen LogP contribution >= 0.6 is 23.8 Å². The van der Waals surface area contributed by atoms with E-state index >= 15 is 0 Å². The summed E-state index contributed by atoms with van der Waals surface area (Å²) in [6.45, 7) is 0. The van der Waals surface area contributed by atoms with E-state index in [0.717, 1.165) is 11.1 Å². The van der Waals surface area contributed by atoms with Crippen LogP contribution in [0.2, 0.25) is 5.02 Å². The average molecular weight is 347 g/mol. The summed E-state index contributed by atoms with van der Waals surface area (Å²) in [7, 11) is 0. The smallest absolute Gasteiger partial charge is 0.216 e. The molecule has 0 fully saturated rings. The van der Waals surface area contributed by atoms with Crippen LogP contribution in [0.25, 0.3) is 0 Å². The normalized spacial score (nSPS) is 11.2. The monoisotopic (exact) mass is 346 g/mol. The van der Waals surface area contributed by atoms with Crippen LogP contribution in [0, 0.1) is 10.6 Å². The topological polar surface area (TPSA) is 46.0 Å². The number of benzene rings is 2. The van der Waals surface area contributed by atoms with Crippen molar-refractivity contribution >= 4 is 30.0 Å². The first-order valence-corrected chi connectivity index (χ1v) is 7.62. The van der Waals surface area contributed by atoms with E-state index in [2.05, 4.69) is 15.3 Å². The molecule has 0 unspecified atom stereocenters. The van der Waals surface area contributed by atoms with Gasteiger partial charge < -0.3 is 0 Å². The molecule has 0 saturated carbocycles. The Morgan fingerprint density at radius 1 is 1.22 bits per heavy atom. The Bertz CT molecular complexity index is 899. The summed E-state index contributed by atoms with van der Waals surface area (Å²) < 4.78 is 14.9. The molecule has 2 aromatic carbocycles. The molecule has 1 N–H and O–H groups in total.